The normalized spacial score (nSPS) is 13.3. The molecule has 0 fully saturated rings. The van der Waals surface area contributed by atoms with Gasteiger partial charge in [0.25, 0.3) is 0 Å². The van der Waals surface area contributed by atoms with Crippen molar-refractivity contribution in [3.8, 4) is 0 Å². The van der Waals surface area contributed by atoms with Gasteiger partial charge in [-0.2, -0.15) is 0 Å². The molecule has 3 nitrogen and oxygen atoms in total. The third-order valence-electron chi connectivity index (χ3n) is 3.66. The number of anilines is 1. The van der Waals surface area contributed by atoms with Gasteiger partial charge in [0.05, 0.1) is 5.02 Å². The van der Waals surface area contributed by atoms with Gasteiger partial charge >= 0.3 is 0 Å². The lowest BCUT2D eigenvalue weighted by Crippen LogP contribution is -2.35. The highest BCUT2D eigenvalue weighted by Crippen LogP contribution is 2.22. The molecule has 1 N–H and O–H groups in total. The van der Waals surface area contributed by atoms with Crippen LogP contribution in [0.4, 0.5) is 5.82 Å². The van der Waals surface area contributed by atoms with E-state index in [4.69, 9.17) is 11.6 Å². The Morgan fingerprint density at radius 2 is 2.00 bits per heavy atom. The third-order valence-corrected chi connectivity index (χ3v) is 4.00. The topological polar surface area (TPSA) is 28.2 Å². The van der Waals surface area contributed by atoms with E-state index in [1.54, 1.807) is 6.20 Å². The van der Waals surface area contributed by atoms with E-state index in [1.807, 2.05) is 0 Å². The number of aromatic nitrogens is 1. The quantitative estimate of drug-likeness (QED) is 0.804. The average molecular weight is 312 g/mol. The number of rotatable bonds is 7. The molecule has 1 rings (SSSR count). The molecule has 21 heavy (non-hydrogen) atoms. The molecule has 0 aliphatic rings. The summed E-state index contributed by atoms with van der Waals surface area (Å²) in [6, 6.07) is 2.12. The molecular weight excluding hydrogens is 282 g/mol. The summed E-state index contributed by atoms with van der Waals surface area (Å²) in [7, 11) is 0. The maximum atomic E-state index is 6.28. The maximum Gasteiger partial charge on any atom is 0.128 e. The first-order valence-electron chi connectivity index (χ1n) is 7.91. The molecule has 0 aliphatic carbocycles. The predicted molar refractivity (Wildman–Crippen MR) is 93.2 cm³/mol. The predicted octanol–water partition coefficient (Wildman–Crippen LogP) is 4.50. The van der Waals surface area contributed by atoms with Crippen molar-refractivity contribution in [2.45, 2.75) is 60.0 Å². The second kappa shape index (κ2) is 8.00. The van der Waals surface area contributed by atoms with Crippen molar-refractivity contribution in [3.05, 3.63) is 22.8 Å². The summed E-state index contributed by atoms with van der Waals surface area (Å²) in [6.45, 7) is 15.9. The van der Waals surface area contributed by atoms with Gasteiger partial charge in [-0.05, 0) is 45.2 Å². The fourth-order valence-corrected chi connectivity index (χ4v) is 2.20. The van der Waals surface area contributed by atoms with Gasteiger partial charge in [0, 0.05) is 31.4 Å². The van der Waals surface area contributed by atoms with Crippen LogP contribution in [0.3, 0.4) is 0 Å². The third kappa shape index (κ3) is 6.23. The van der Waals surface area contributed by atoms with E-state index in [9.17, 15) is 0 Å². The van der Waals surface area contributed by atoms with E-state index >= 15 is 0 Å². The molecule has 120 valence electrons. The minimum Gasteiger partial charge on any atom is -0.357 e. The number of nitrogens with one attached hydrogen (secondary N) is 1. The summed E-state index contributed by atoms with van der Waals surface area (Å²) >= 11 is 6.28. The highest BCUT2D eigenvalue weighted by Gasteiger charge is 2.14. The summed E-state index contributed by atoms with van der Waals surface area (Å²) in [4.78, 5) is 6.83. The van der Waals surface area contributed by atoms with E-state index < -0.39 is 0 Å². The Labute approximate surface area is 135 Å². The molecular formula is C17H30ClN3. The van der Waals surface area contributed by atoms with Crippen LogP contribution in [-0.2, 0) is 6.54 Å². The lowest BCUT2D eigenvalue weighted by atomic mass is 10.1. The van der Waals surface area contributed by atoms with Crippen molar-refractivity contribution in [1.29, 1.82) is 0 Å². The summed E-state index contributed by atoms with van der Waals surface area (Å²) in [6.07, 6.45) is 2.96. The number of hydrogen-bond donors (Lipinski definition) is 1. The molecule has 1 aromatic heterocycles. The molecule has 0 spiro atoms. The minimum atomic E-state index is 0.0773. The van der Waals surface area contributed by atoms with Gasteiger partial charge in [-0.3, -0.25) is 0 Å². The van der Waals surface area contributed by atoms with Crippen molar-refractivity contribution in [2.75, 3.05) is 18.0 Å². The van der Waals surface area contributed by atoms with Gasteiger partial charge in [0.2, 0.25) is 0 Å². The molecule has 0 amide bonds. The van der Waals surface area contributed by atoms with E-state index in [-0.39, 0.29) is 5.54 Å². The Morgan fingerprint density at radius 1 is 1.33 bits per heavy atom. The van der Waals surface area contributed by atoms with Crippen LogP contribution in [0.5, 0.6) is 0 Å². The van der Waals surface area contributed by atoms with E-state index in [0.717, 1.165) is 36.0 Å². The monoisotopic (exact) mass is 311 g/mol. The Balaban J connectivity index is 2.88. The summed E-state index contributed by atoms with van der Waals surface area (Å²) < 4.78 is 0. The van der Waals surface area contributed by atoms with Crippen LogP contribution >= 0.6 is 11.6 Å². The molecule has 0 aliphatic heterocycles. The maximum absolute atomic E-state index is 6.28. The Hall–Kier alpha value is -0.800. The molecule has 0 saturated heterocycles. The second-order valence-electron chi connectivity index (χ2n) is 6.79. The second-order valence-corrected chi connectivity index (χ2v) is 7.20. The van der Waals surface area contributed by atoms with Crippen molar-refractivity contribution < 1.29 is 0 Å². The van der Waals surface area contributed by atoms with Crippen LogP contribution in [0.25, 0.3) is 0 Å². The van der Waals surface area contributed by atoms with Crippen molar-refractivity contribution in [1.82, 2.24) is 10.3 Å². The molecule has 1 unspecified atom stereocenters. The molecule has 0 saturated carbocycles. The number of nitrogens with zero attached hydrogens (tertiary/aromatic N) is 2. The zero-order valence-electron chi connectivity index (χ0n) is 14.3. The van der Waals surface area contributed by atoms with Crippen LogP contribution in [0.15, 0.2) is 12.3 Å². The molecule has 4 heteroatoms. The molecule has 1 aromatic rings. The fraction of sp³-hybridized carbons (Fsp3) is 0.706. The summed E-state index contributed by atoms with van der Waals surface area (Å²) in [5.74, 6) is 1.69. The highest BCUT2D eigenvalue weighted by atomic mass is 35.5. The minimum absolute atomic E-state index is 0.0773. The standard InChI is InChI=1S/C17H30ClN3/c1-7-13(3)12-21(8-2)16-9-14(15(18)11-19-16)10-20-17(4,5)6/h9,11,13,20H,7-8,10,12H2,1-6H3. The average Bonchev–Trinajstić information content (AvgIpc) is 2.42. The van der Waals surface area contributed by atoms with Crippen molar-refractivity contribution in [2.24, 2.45) is 5.92 Å². The number of pyridine rings is 1. The van der Waals surface area contributed by atoms with Gasteiger partial charge in [0.1, 0.15) is 5.82 Å². The smallest absolute Gasteiger partial charge is 0.128 e. The van der Waals surface area contributed by atoms with Gasteiger partial charge in [-0.1, -0.05) is 31.9 Å². The van der Waals surface area contributed by atoms with Crippen LogP contribution in [0.1, 0.15) is 53.5 Å². The Morgan fingerprint density at radius 3 is 2.52 bits per heavy atom. The largest absolute Gasteiger partial charge is 0.357 e. The molecule has 0 aromatic carbocycles. The van der Waals surface area contributed by atoms with Crippen LogP contribution < -0.4 is 10.2 Å². The number of halogens is 1. The first-order chi connectivity index (χ1) is 9.76. The fourth-order valence-electron chi connectivity index (χ4n) is 2.03. The van der Waals surface area contributed by atoms with Crippen LogP contribution in [-0.4, -0.2) is 23.6 Å². The van der Waals surface area contributed by atoms with E-state index in [0.29, 0.717) is 5.92 Å². The molecule has 0 bridgehead atoms. The first-order valence-corrected chi connectivity index (χ1v) is 8.29. The summed E-state index contributed by atoms with van der Waals surface area (Å²) in [5, 5.41) is 4.22. The summed E-state index contributed by atoms with van der Waals surface area (Å²) in [5.41, 5.74) is 1.19. The number of hydrogen-bond acceptors (Lipinski definition) is 3. The Bertz CT molecular complexity index is 440. The highest BCUT2D eigenvalue weighted by molar-refractivity contribution is 6.31. The molecule has 1 heterocycles. The zero-order chi connectivity index (χ0) is 16.0. The SMILES string of the molecule is CCC(C)CN(CC)c1cc(CNC(C)(C)C)c(Cl)cn1. The first kappa shape index (κ1) is 18.2. The van der Waals surface area contributed by atoms with E-state index in [2.05, 4.69) is 62.8 Å². The van der Waals surface area contributed by atoms with Gasteiger partial charge in [-0.25, -0.2) is 4.98 Å². The van der Waals surface area contributed by atoms with Crippen molar-refractivity contribution >= 4 is 17.4 Å². The van der Waals surface area contributed by atoms with E-state index in [1.165, 1.54) is 6.42 Å². The molecule has 0 radical (unpaired) electrons. The lowest BCUT2D eigenvalue weighted by molar-refractivity contribution is 0.424. The molecule has 1 atom stereocenters. The van der Waals surface area contributed by atoms with Gasteiger partial charge < -0.3 is 10.2 Å². The van der Waals surface area contributed by atoms with Gasteiger partial charge in [-0.15, -0.1) is 0 Å². The lowest BCUT2D eigenvalue weighted by Gasteiger charge is -2.26. The zero-order valence-corrected chi connectivity index (χ0v) is 15.1. The van der Waals surface area contributed by atoms with Gasteiger partial charge in [0.15, 0.2) is 0 Å². The van der Waals surface area contributed by atoms with Crippen LogP contribution in [0, 0.1) is 5.92 Å². The van der Waals surface area contributed by atoms with Crippen LogP contribution in [0.2, 0.25) is 5.02 Å². The Kier molecular flexibility index (Phi) is 6.95. The van der Waals surface area contributed by atoms with Crippen molar-refractivity contribution in [3.63, 3.8) is 0 Å².